The third-order valence-electron chi connectivity index (χ3n) is 4.39. The van der Waals surface area contributed by atoms with E-state index in [1.165, 1.54) is 13.1 Å². The number of hydrogen-bond donors (Lipinski definition) is 2. The van der Waals surface area contributed by atoms with Gasteiger partial charge in [-0.25, -0.2) is 23.1 Å². The number of hydrogen-bond acceptors (Lipinski definition) is 9. The molecule has 34 heavy (non-hydrogen) atoms. The molecular formula is C21H21N7O4S2. The van der Waals surface area contributed by atoms with Gasteiger partial charge in [-0.3, -0.25) is 9.52 Å². The summed E-state index contributed by atoms with van der Waals surface area (Å²) < 4.78 is 35.2. The molecule has 1 aromatic carbocycles. The standard InChI is InChI=1S/C21H21N7O4S2/c1-12-9-13(2)28(26-12)18-10-19(24-14(3)23-18)32-17-7-5-16(6-8-17)27-34(30,31)20-11-22-21(33-20)25-15(4)29/h5-11,27H,1-4H3,(H,22,25,29). The third kappa shape index (κ3) is 5.38. The molecule has 0 bridgehead atoms. The lowest BCUT2D eigenvalue weighted by Crippen LogP contribution is -2.11. The van der Waals surface area contributed by atoms with Crippen LogP contribution in [0.5, 0.6) is 11.6 Å². The Morgan fingerprint density at radius 1 is 1.09 bits per heavy atom. The quantitative estimate of drug-likeness (QED) is 0.393. The molecule has 0 fully saturated rings. The minimum Gasteiger partial charge on any atom is -0.439 e. The molecule has 3 heterocycles. The van der Waals surface area contributed by atoms with Crippen LogP contribution in [0, 0.1) is 20.8 Å². The van der Waals surface area contributed by atoms with Crippen molar-refractivity contribution in [3.8, 4) is 17.4 Å². The number of nitrogens with zero attached hydrogens (tertiary/aromatic N) is 5. The van der Waals surface area contributed by atoms with E-state index in [1.807, 2.05) is 19.9 Å². The molecule has 2 N–H and O–H groups in total. The van der Waals surface area contributed by atoms with Crippen molar-refractivity contribution >= 4 is 38.1 Å². The van der Waals surface area contributed by atoms with Gasteiger partial charge >= 0.3 is 0 Å². The number of aromatic nitrogens is 5. The average Bonchev–Trinajstić information content (AvgIpc) is 3.34. The monoisotopic (exact) mass is 499 g/mol. The molecule has 0 spiro atoms. The lowest BCUT2D eigenvalue weighted by Gasteiger charge is -2.10. The highest BCUT2D eigenvalue weighted by atomic mass is 32.2. The van der Waals surface area contributed by atoms with Crippen LogP contribution in [0.4, 0.5) is 10.8 Å². The summed E-state index contributed by atoms with van der Waals surface area (Å²) in [6.07, 6.45) is 1.19. The van der Waals surface area contributed by atoms with Crippen molar-refractivity contribution in [1.29, 1.82) is 0 Å². The first-order valence-electron chi connectivity index (χ1n) is 10.0. The normalized spacial score (nSPS) is 11.3. The molecular weight excluding hydrogens is 478 g/mol. The summed E-state index contributed by atoms with van der Waals surface area (Å²) in [4.78, 5) is 23.8. The highest BCUT2D eigenvalue weighted by molar-refractivity contribution is 7.94. The van der Waals surface area contributed by atoms with E-state index in [0.717, 1.165) is 22.7 Å². The van der Waals surface area contributed by atoms with Crippen LogP contribution >= 0.6 is 11.3 Å². The Morgan fingerprint density at radius 2 is 1.82 bits per heavy atom. The van der Waals surface area contributed by atoms with Gasteiger partial charge in [-0.2, -0.15) is 10.1 Å². The molecule has 0 aliphatic carbocycles. The molecule has 0 saturated heterocycles. The molecule has 4 rings (SSSR count). The molecule has 13 heteroatoms. The van der Waals surface area contributed by atoms with Crippen molar-refractivity contribution in [3.63, 3.8) is 0 Å². The Labute approximate surface area is 199 Å². The smallest absolute Gasteiger partial charge is 0.273 e. The summed E-state index contributed by atoms with van der Waals surface area (Å²) in [5.74, 6) is 1.57. The minimum atomic E-state index is -3.86. The van der Waals surface area contributed by atoms with Gasteiger partial charge in [0.25, 0.3) is 10.0 Å². The van der Waals surface area contributed by atoms with Gasteiger partial charge in [0.1, 0.15) is 11.6 Å². The highest BCUT2D eigenvalue weighted by Crippen LogP contribution is 2.27. The zero-order chi connectivity index (χ0) is 24.5. The number of nitrogens with one attached hydrogen (secondary N) is 2. The van der Waals surface area contributed by atoms with Gasteiger partial charge in [0.2, 0.25) is 11.8 Å². The second kappa shape index (κ2) is 9.19. The number of thiazole rings is 1. The van der Waals surface area contributed by atoms with Gasteiger partial charge < -0.3 is 10.1 Å². The number of benzene rings is 1. The van der Waals surface area contributed by atoms with E-state index >= 15 is 0 Å². The molecule has 0 atom stereocenters. The van der Waals surface area contributed by atoms with Crippen LogP contribution in [0.25, 0.3) is 5.82 Å². The zero-order valence-corrected chi connectivity index (χ0v) is 20.4. The molecule has 0 radical (unpaired) electrons. The molecule has 0 aliphatic rings. The first kappa shape index (κ1) is 23.3. The molecule has 11 nitrogen and oxygen atoms in total. The van der Waals surface area contributed by atoms with Crippen LogP contribution in [-0.2, 0) is 14.8 Å². The lowest BCUT2D eigenvalue weighted by atomic mass is 10.3. The van der Waals surface area contributed by atoms with Crippen molar-refractivity contribution in [1.82, 2.24) is 24.7 Å². The maximum Gasteiger partial charge on any atom is 0.273 e. The lowest BCUT2D eigenvalue weighted by molar-refractivity contribution is -0.114. The van der Waals surface area contributed by atoms with Crippen LogP contribution < -0.4 is 14.8 Å². The van der Waals surface area contributed by atoms with E-state index in [4.69, 9.17) is 4.74 Å². The molecule has 1 amide bonds. The predicted molar refractivity (Wildman–Crippen MR) is 127 cm³/mol. The van der Waals surface area contributed by atoms with Crippen LogP contribution in [0.15, 0.2) is 46.8 Å². The number of sulfonamides is 1. The molecule has 176 valence electrons. The van der Waals surface area contributed by atoms with Crippen LogP contribution in [0.1, 0.15) is 24.1 Å². The summed E-state index contributed by atoms with van der Waals surface area (Å²) in [5.41, 5.74) is 2.14. The number of ether oxygens (including phenoxy) is 1. The Morgan fingerprint density at radius 3 is 2.47 bits per heavy atom. The third-order valence-corrected chi connectivity index (χ3v) is 7.14. The maximum atomic E-state index is 12.6. The number of rotatable bonds is 7. The van der Waals surface area contributed by atoms with E-state index < -0.39 is 10.0 Å². The first-order valence-corrected chi connectivity index (χ1v) is 12.3. The van der Waals surface area contributed by atoms with Crippen molar-refractivity contribution < 1.29 is 17.9 Å². The SMILES string of the molecule is CC(=O)Nc1ncc(S(=O)(=O)Nc2ccc(Oc3cc(-n4nc(C)cc4C)nc(C)n3)cc2)s1. The average molecular weight is 500 g/mol. The fourth-order valence-electron chi connectivity index (χ4n) is 3.06. The fraction of sp³-hybridized carbons (Fsp3) is 0.190. The Bertz CT molecular complexity index is 1460. The summed E-state index contributed by atoms with van der Waals surface area (Å²) in [7, 11) is -3.86. The minimum absolute atomic E-state index is 0.0234. The largest absolute Gasteiger partial charge is 0.439 e. The molecule has 0 unspecified atom stereocenters. The van der Waals surface area contributed by atoms with Gasteiger partial charge in [-0.05, 0) is 51.1 Å². The van der Waals surface area contributed by atoms with Crippen LogP contribution in [-0.4, -0.2) is 39.1 Å². The van der Waals surface area contributed by atoms with Gasteiger partial charge in [0, 0.05) is 24.4 Å². The summed E-state index contributed by atoms with van der Waals surface area (Å²) >= 11 is 0.856. The summed E-state index contributed by atoms with van der Waals surface area (Å²) in [5, 5.41) is 7.10. The van der Waals surface area contributed by atoms with E-state index in [-0.39, 0.29) is 15.2 Å². The van der Waals surface area contributed by atoms with Crippen molar-refractivity contribution in [2.75, 3.05) is 10.0 Å². The van der Waals surface area contributed by atoms with Crippen LogP contribution in [0.3, 0.4) is 0 Å². The zero-order valence-electron chi connectivity index (χ0n) is 18.7. The van der Waals surface area contributed by atoms with Gasteiger partial charge in [-0.15, -0.1) is 0 Å². The predicted octanol–water partition coefficient (Wildman–Crippen LogP) is 3.60. The Balaban J connectivity index is 1.48. The van der Waals surface area contributed by atoms with Crippen LogP contribution in [0.2, 0.25) is 0 Å². The van der Waals surface area contributed by atoms with Crippen molar-refractivity contribution in [3.05, 3.63) is 59.8 Å². The summed E-state index contributed by atoms with van der Waals surface area (Å²) in [6, 6.07) is 10.0. The highest BCUT2D eigenvalue weighted by Gasteiger charge is 2.19. The van der Waals surface area contributed by atoms with Gasteiger partial charge in [0.15, 0.2) is 15.2 Å². The van der Waals surface area contributed by atoms with Crippen molar-refractivity contribution in [2.45, 2.75) is 31.9 Å². The number of aryl methyl sites for hydroxylation is 3. The molecule has 0 aliphatic heterocycles. The van der Waals surface area contributed by atoms with Gasteiger partial charge in [0.05, 0.1) is 11.9 Å². The first-order chi connectivity index (χ1) is 16.1. The second-order valence-corrected chi connectivity index (χ2v) is 10.3. The number of anilines is 2. The Hall–Kier alpha value is -3.84. The second-order valence-electron chi connectivity index (χ2n) is 7.35. The number of carbonyl (C=O) groups is 1. The number of carbonyl (C=O) groups excluding carboxylic acids is 1. The molecule has 3 aromatic heterocycles. The maximum absolute atomic E-state index is 12.6. The molecule has 0 saturated carbocycles. The van der Waals surface area contributed by atoms with E-state index in [9.17, 15) is 13.2 Å². The van der Waals surface area contributed by atoms with E-state index in [2.05, 4.69) is 30.1 Å². The van der Waals surface area contributed by atoms with E-state index in [0.29, 0.717) is 29.0 Å². The Kier molecular flexibility index (Phi) is 6.30. The summed E-state index contributed by atoms with van der Waals surface area (Å²) in [6.45, 7) is 6.92. The topological polar surface area (TPSA) is 141 Å². The fourth-order valence-corrected chi connectivity index (χ4v) is 5.19. The van der Waals surface area contributed by atoms with Crippen molar-refractivity contribution in [2.24, 2.45) is 0 Å². The van der Waals surface area contributed by atoms with Gasteiger partial charge in [-0.1, -0.05) is 11.3 Å². The molecule has 4 aromatic rings. The number of amides is 1. The van der Waals surface area contributed by atoms with E-state index in [1.54, 1.807) is 41.9 Å².